The highest BCUT2D eigenvalue weighted by atomic mass is 79.9. The van der Waals surface area contributed by atoms with Crippen molar-refractivity contribution in [3.63, 3.8) is 0 Å². The Morgan fingerprint density at radius 3 is 2.52 bits per heavy atom. The van der Waals surface area contributed by atoms with E-state index in [0.29, 0.717) is 0 Å². The van der Waals surface area contributed by atoms with Crippen LogP contribution in [0.5, 0.6) is 0 Å². The molecule has 0 aliphatic heterocycles. The van der Waals surface area contributed by atoms with E-state index in [1.807, 2.05) is 17.4 Å². The van der Waals surface area contributed by atoms with Gasteiger partial charge in [0.05, 0.1) is 0 Å². The van der Waals surface area contributed by atoms with Crippen LogP contribution in [-0.4, -0.2) is 24.5 Å². The Bertz CT molecular complexity index is 527. The van der Waals surface area contributed by atoms with Gasteiger partial charge in [-0.05, 0) is 25.0 Å². The lowest BCUT2D eigenvalue weighted by molar-refractivity contribution is -0.686. The maximum atomic E-state index is 11.9. The second-order valence-corrected chi connectivity index (χ2v) is 6.92. The van der Waals surface area contributed by atoms with Crippen molar-refractivity contribution in [1.82, 2.24) is 10.6 Å². The molecule has 1 aromatic rings. The minimum atomic E-state index is -0.369. The Labute approximate surface area is 145 Å². The molecule has 126 valence electrons. The van der Waals surface area contributed by atoms with Gasteiger partial charge in [-0.25, -0.2) is 4.79 Å². The highest BCUT2D eigenvalue weighted by Gasteiger charge is 2.19. The molecule has 6 heteroatoms. The van der Waals surface area contributed by atoms with Crippen molar-refractivity contribution < 1.29 is 14.9 Å². The highest BCUT2D eigenvalue weighted by molar-refractivity contribution is 9.10. The van der Waals surface area contributed by atoms with Crippen LogP contribution in [0, 0.1) is 0 Å². The summed E-state index contributed by atoms with van der Waals surface area (Å²) < 4.78 is 1.04. The molecule has 0 radical (unpaired) electrons. The molecule has 0 aromatic heterocycles. The number of hydrogen-bond donors (Lipinski definition) is 3. The van der Waals surface area contributed by atoms with Gasteiger partial charge < -0.3 is 10.6 Å². The van der Waals surface area contributed by atoms with Crippen molar-refractivity contribution in [2.75, 3.05) is 6.54 Å². The quantitative estimate of drug-likeness (QED) is 0.705. The zero-order chi connectivity index (χ0) is 16.7. The number of halogens is 1. The maximum absolute atomic E-state index is 11.9. The van der Waals surface area contributed by atoms with E-state index >= 15 is 0 Å². The van der Waals surface area contributed by atoms with Crippen LogP contribution in [0.2, 0.25) is 0 Å². The molecule has 0 heterocycles. The van der Waals surface area contributed by atoms with Crippen LogP contribution < -0.4 is 16.0 Å². The Morgan fingerprint density at radius 2 is 1.91 bits per heavy atom. The number of nitrogens with two attached hydrogens (primary N) is 1. The topological polar surface area (TPSA) is 74.8 Å². The predicted molar refractivity (Wildman–Crippen MR) is 92.9 cm³/mol. The van der Waals surface area contributed by atoms with Crippen LogP contribution >= 0.6 is 15.9 Å². The first-order chi connectivity index (χ1) is 11.1. The van der Waals surface area contributed by atoms with Crippen molar-refractivity contribution in [2.45, 2.75) is 51.1 Å². The van der Waals surface area contributed by atoms with E-state index in [-0.39, 0.29) is 30.6 Å². The molecule has 23 heavy (non-hydrogen) atoms. The summed E-state index contributed by atoms with van der Waals surface area (Å²) >= 11 is 3.42. The monoisotopic (exact) mass is 382 g/mol. The van der Waals surface area contributed by atoms with E-state index in [4.69, 9.17) is 0 Å². The Morgan fingerprint density at radius 1 is 1.26 bits per heavy atom. The van der Waals surface area contributed by atoms with Crippen LogP contribution in [0.4, 0.5) is 4.79 Å². The Balaban J connectivity index is 1.75. The molecule has 1 fully saturated rings. The molecule has 0 saturated heterocycles. The summed E-state index contributed by atoms with van der Waals surface area (Å²) in [7, 11) is 0. The molecular weight excluding hydrogens is 358 g/mol. The lowest BCUT2D eigenvalue weighted by Gasteiger charge is -2.15. The lowest BCUT2D eigenvalue weighted by atomic mass is 10.0. The number of benzene rings is 1. The van der Waals surface area contributed by atoms with E-state index in [9.17, 15) is 9.59 Å². The fourth-order valence-electron chi connectivity index (χ4n) is 2.97. The molecular formula is C17H25BrN3O2+. The molecule has 2 rings (SSSR count). The molecule has 0 bridgehead atoms. The normalized spacial score (nSPS) is 16.1. The summed E-state index contributed by atoms with van der Waals surface area (Å²) in [4.78, 5) is 23.7. The number of nitrogens with one attached hydrogen (secondary N) is 2. The van der Waals surface area contributed by atoms with Crippen LogP contribution in [0.1, 0.15) is 50.6 Å². The van der Waals surface area contributed by atoms with E-state index in [0.717, 1.165) is 36.6 Å². The van der Waals surface area contributed by atoms with E-state index in [2.05, 4.69) is 45.6 Å². The number of imide groups is 1. The van der Waals surface area contributed by atoms with Gasteiger partial charge >= 0.3 is 6.03 Å². The zero-order valence-electron chi connectivity index (χ0n) is 13.5. The number of amides is 3. The van der Waals surface area contributed by atoms with Gasteiger partial charge in [-0.15, -0.1) is 0 Å². The van der Waals surface area contributed by atoms with Crippen LogP contribution in [0.25, 0.3) is 0 Å². The third kappa shape index (κ3) is 5.95. The molecule has 1 aromatic carbocycles. The van der Waals surface area contributed by atoms with Crippen molar-refractivity contribution in [1.29, 1.82) is 0 Å². The molecule has 1 aliphatic carbocycles. The van der Waals surface area contributed by atoms with Crippen LogP contribution in [-0.2, 0) is 4.79 Å². The summed E-state index contributed by atoms with van der Waals surface area (Å²) in [6.45, 7) is 2.33. The van der Waals surface area contributed by atoms with E-state index in [1.165, 1.54) is 5.56 Å². The van der Waals surface area contributed by atoms with Gasteiger partial charge in [0.25, 0.3) is 5.91 Å². The second kappa shape index (κ2) is 9.03. The number of rotatable bonds is 6. The molecule has 0 unspecified atom stereocenters. The number of carbonyl (C=O) groups is 2. The van der Waals surface area contributed by atoms with Crippen LogP contribution in [0.15, 0.2) is 28.7 Å². The van der Waals surface area contributed by atoms with E-state index in [1.54, 1.807) is 0 Å². The zero-order valence-corrected chi connectivity index (χ0v) is 15.1. The summed E-state index contributed by atoms with van der Waals surface area (Å²) in [5.74, 6) is -0.254. The number of quaternary nitrogens is 1. The smallest absolute Gasteiger partial charge is 0.321 e. The van der Waals surface area contributed by atoms with Gasteiger partial charge in [0.15, 0.2) is 6.54 Å². The minimum absolute atomic E-state index is 0.215. The van der Waals surface area contributed by atoms with Gasteiger partial charge in [0.1, 0.15) is 6.04 Å². The minimum Gasteiger partial charge on any atom is -0.335 e. The Hall–Kier alpha value is -1.40. The third-order valence-corrected chi connectivity index (χ3v) is 4.80. The van der Waals surface area contributed by atoms with Crippen LogP contribution in [0.3, 0.4) is 0 Å². The molecule has 4 N–H and O–H groups in total. The number of urea groups is 1. The SMILES string of the molecule is CC[C@H]([NH2+]CC(=O)NC(=O)NC1CCCC1)c1ccc(Br)cc1. The predicted octanol–water partition coefficient (Wildman–Crippen LogP) is 2.23. The van der Waals surface area contributed by atoms with Crippen molar-refractivity contribution >= 4 is 27.9 Å². The standard InChI is InChI=1S/C17H24BrN3O2/c1-2-15(12-7-9-13(18)10-8-12)19-11-16(22)21-17(23)20-14-5-3-4-6-14/h7-10,14-15,19H,2-6,11H2,1H3,(H2,20,21,22,23)/p+1/t15-/m0/s1. The maximum Gasteiger partial charge on any atom is 0.321 e. The van der Waals surface area contributed by atoms with E-state index < -0.39 is 0 Å². The largest absolute Gasteiger partial charge is 0.335 e. The fraction of sp³-hybridized carbons (Fsp3) is 0.529. The third-order valence-electron chi connectivity index (χ3n) is 4.27. The molecule has 1 saturated carbocycles. The molecule has 3 amide bonds. The lowest BCUT2D eigenvalue weighted by Crippen LogP contribution is -2.87. The average molecular weight is 383 g/mol. The number of hydrogen-bond acceptors (Lipinski definition) is 2. The van der Waals surface area contributed by atoms with Gasteiger partial charge in [0, 0.05) is 22.5 Å². The van der Waals surface area contributed by atoms with Crippen molar-refractivity contribution in [3.8, 4) is 0 Å². The Kier molecular flexibility index (Phi) is 7.05. The first-order valence-corrected chi connectivity index (χ1v) is 9.07. The van der Waals surface area contributed by atoms with Gasteiger partial charge in [-0.1, -0.05) is 47.8 Å². The molecule has 1 atom stereocenters. The molecule has 0 spiro atoms. The number of carbonyl (C=O) groups excluding carboxylic acids is 2. The summed E-state index contributed by atoms with van der Waals surface area (Å²) in [6.07, 6.45) is 5.24. The average Bonchev–Trinajstić information content (AvgIpc) is 3.02. The summed E-state index contributed by atoms with van der Waals surface area (Å²) in [5, 5.41) is 7.25. The summed E-state index contributed by atoms with van der Waals surface area (Å²) in [5.41, 5.74) is 1.18. The molecule has 1 aliphatic rings. The highest BCUT2D eigenvalue weighted by Crippen LogP contribution is 2.17. The van der Waals surface area contributed by atoms with Gasteiger partial charge in [-0.2, -0.15) is 0 Å². The van der Waals surface area contributed by atoms with Gasteiger partial charge in [-0.3, -0.25) is 10.1 Å². The fourth-order valence-corrected chi connectivity index (χ4v) is 3.23. The second-order valence-electron chi connectivity index (χ2n) is 6.01. The van der Waals surface area contributed by atoms with Gasteiger partial charge in [0.2, 0.25) is 0 Å². The summed E-state index contributed by atoms with van der Waals surface area (Å²) in [6, 6.07) is 8.18. The molecule has 5 nitrogen and oxygen atoms in total. The first kappa shape index (κ1) is 17.9. The first-order valence-electron chi connectivity index (χ1n) is 8.27. The van der Waals surface area contributed by atoms with Crippen molar-refractivity contribution in [2.24, 2.45) is 0 Å². The van der Waals surface area contributed by atoms with Crippen molar-refractivity contribution in [3.05, 3.63) is 34.3 Å².